The van der Waals surface area contributed by atoms with Crippen LogP contribution in [0.1, 0.15) is 10.4 Å². The molecule has 1 atom stereocenters. The van der Waals surface area contributed by atoms with Gasteiger partial charge in [-0.1, -0.05) is 36.4 Å². The first-order valence-corrected chi connectivity index (χ1v) is 8.33. The van der Waals surface area contributed by atoms with Crippen LogP contribution in [0.4, 0.5) is 11.5 Å². The molecule has 6 nitrogen and oxygen atoms in total. The van der Waals surface area contributed by atoms with Gasteiger partial charge < -0.3 is 14.8 Å². The van der Waals surface area contributed by atoms with E-state index in [2.05, 4.69) is 10.3 Å². The van der Waals surface area contributed by atoms with Gasteiger partial charge in [-0.25, -0.2) is 4.98 Å². The Hall–Kier alpha value is -2.96. The summed E-state index contributed by atoms with van der Waals surface area (Å²) in [6.07, 6.45) is -1.19. The van der Waals surface area contributed by atoms with Crippen molar-refractivity contribution in [3.63, 3.8) is 0 Å². The molecule has 0 unspecified atom stereocenters. The van der Waals surface area contributed by atoms with Crippen molar-refractivity contribution >= 4 is 28.3 Å². The second-order valence-corrected chi connectivity index (χ2v) is 6.02. The molecule has 4 rings (SSSR count). The summed E-state index contributed by atoms with van der Waals surface area (Å²) >= 11 is 0. The van der Waals surface area contributed by atoms with Crippen LogP contribution in [-0.2, 0) is 9.47 Å². The summed E-state index contributed by atoms with van der Waals surface area (Å²) in [6, 6.07) is 19.1. The summed E-state index contributed by atoms with van der Waals surface area (Å²) in [5.74, 6) is 0.386. The molecule has 132 valence electrons. The number of methoxy groups -OCH3 is 2. The summed E-state index contributed by atoms with van der Waals surface area (Å²) in [5.41, 5.74) is 2.10. The number of ether oxygens (including phenoxy) is 2. The molecule has 1 amide bonds. The summed E-state index contributed by atoms with van der Waals surface area (Å²) in [5, 5.41) is 4.23. The topological polar surface area (TPSA) is 63.7 Å². The van der Waals surface area contributed by atoms with E-state index in [0.29, 0.717) is 11.4 Å². The van der Waals surface area contributed by atoms with Gasteiger partial charge in [-0.15, -0.1) is 0 Å². The van der Waals surface area contributed by atoms with Gasteiger partial charge >= 0.3 is 0 Å². The number of anilines is 2. The fourth-order valence-corrected chi connectivity index (χ4v) is 3.26. The van der Waals surface area contributed by atoms with Gasteiger partial charge in [-0.3, -0.25) is 9.69 Å². The van der Waals surface area contributed by atoms with E-state index in [1.165, 1.54) is 0 Å². The number of fused-ring (bicyclic) bond motifs is 2. The molecule has 2 aromatic carbocycles. The van der Waals surface area contributed by atoms with Crippen LogP contribution in [-0.4, -0.2) is 37.6 Å². The normalized spacial score (nSPS) is 16.7. The second-order valence-electron chi connectivity index (χ2n) is 6.02. The Bertz CT molecular complexity index is 941. The number of carbonyl (C=O) groups excluding carboxylic acids is 1. The standard InChI is InChI=1S/C20H19N3O3/c1-25-20(26-2)18-22-17-15(12-13-8-6-7-11-16(13)21-17)19(24)23(18)14-9-4-3-5-10-14/h3-12,18,20H,1-2H3,(H,21,22)/t18-/m1/s1. The van der Waals surface area contributed by atoms with Gasteiger partial charge in [0.15, 0.2) is 12.5 Å². The molecule has 0 spiro atoms. The molecule has 3 aromatic rings. The molecule has 1 aliphatic heterocycles. The van der Waals surface area contributed by atoms with Crippen molar-refractivity contribution in [2.75, 3.05) is 24.4 Å². The van der Waals surface area contributed by atoms with E-state index in [9.17, 15) is 4.79 Å². The average Bonchev–Trinajstić information content (AvgIpc) is 2.68. The van der Waals surface area contributed by atoms with Crippen LogP contribution in [0.15, 0.2) is 60.7 Å². The molecule has 1 aromatic heterocycles. The van der Waals surface area contributed by atoms with Gasteiger partial charge in [0.2, 0.25) is 0 Å². The number of aromatic nitrogens is 1. The van der Waals surface area contributed by atoms with Crippen LogP contribution < -0.4 is 10.2 Å². The minimum absolute atomic E-state index is 0.146. The van der Waals surface area contributed by atoms with Gasteiger partial charge in [-0.05, 0) is 24.3 Å². The molecule has 0 aliphatic carbocycles. The summed E-state index contributed by atoms with van der Waals surface area (Å²) in [6.45, 7) is 0. The number of hydrogen-bond donors (Lipinski definition) is 1. The van der Waals surface area contributed by atoms with Gasteiger partial charge in [0.1, 0.15) is 5.82 Å². The Kier molecular flexibility index (Phi) is 4.28. The average molecular weight is 349 g/mol. The number of carbonyl (C=O) groups is 1. The van der Waals surface area contributed by atoms with E-state index in [1.54, 1.807) is 19.1 Å². The van der Waals surface area contributed by atoms with E-state index < -0.39 is 12.5 Å². The maximum absolute atomic E-state index is 13.3. The van der Waals surface area contributed by atoms with E-state index in [1.807, 2.05) is 60.7 Å². The first-order chi connectivity index (χ1) is 12.7. The van der Waals surface area contributed by atoms with Crippen molar-refractivity contribution in [2.45, 2.75) is 12.5 Å². The van der Waals surface area contributed by atoms with E-state index in [0.717, 1.165) is 16.6 Å². The van der Waals surface area contributed by atoms with Crippen molar-refractivity contribution in [1.29, 1.82) is 0 Å². The molecule has 0 saturated heterocycles. The van der Waals surface area contributed by atoms with Crippen LogP contribution in [0.5, 0.6) is 0 Å². The number of benzene rings is 2. The Morgan fingerprint density at radius 1 is 1.04 bits per heavy atom. The van der Waals surface area contributed by atoms with Crippen LogP contribution >= 0.6 is 0 Å². The largest absolute Gasteiger partial charge is 0.352 e. The highest BCUT2D eigenvalue weighted by Gasteiger charge is 2.39. The predicted molar refractivity (Wildman–Crippen MR) is 100 cm³/mol. The lowest BCUT2D eigenvalue weighted by Crippen LogP contribution is -2.56. The Morgan fingerprint density at radius 2 is 1.73 bits per heavy atom. The van der Waals surface area contributed by atoms with Gasteiger partial charge in [0.05, 0.1) is 11.1 Å². The zero-order valence-electron chi connectivity index (χ0n) is 14.5. The van der Waals surface area contributed by atoms with E-state index in [4.69, 9.17) is 9.47 Å². The van der Waals surface area contributed by atoms with Gasteiger partial charge in [0.25, 0.3) is 5.91 Å². The highest BCUT2D eigenvalue weighted by Crippen LogP contribution is 2.32. The molecule has 0 bridgehead atoms. The molecule has 0 fully saturated rings. The quantitative estimate of drug-likeness (QED) is 0.733. The van der Waals surface area contributed by atoms with Gasteiger partial charge in [0, 0.05) is 25.3 Å². The third-order valence-electron chi connectivity index (χ3n) is 4.49. The monoisotopic (exact) mass is 349 g/mol. The predicted octanol–water partition coefficient (Wildman–Crippen LogP) is 3.25. The molecule has 0 radical (unpaired) electrons. The van der Waals surface area contributed by atoms with Crippen molar-refractivity contribution in [3.05, 3.63) is 66.2 Å². The number of pyridine rings is 1. The fourth-order valence-electron chi connectivity index (χ4n) is 3.26. The zero-order chi connectivity index (χ0) is 18.1. The van der Waals surface area contributed by atoms with Crippen LogP contribution in [0.2, 0.25) is 0 Å². The number of nitrogens with zero attached hydrogens (tertiary/aromatic N) is 2. The second kappa shape index (κ2) is 6.74. The third-order valence-corrected chi connectivity index (χ3v) is 4.49. The molecule has 0 saturated carbocycles. The maximum atomic E-state index is 13.3. The Labute approximate surface area is 151 Å². The highest BCUT2D eigenvalue weighted by atomic mass is 16.7. The van der Waals surface area contributed by atoms with Crippen molar-refractivity contribution in [2.24, 2.45) is 0 Å². The number of hydrogen-bond acceptors (Lipinski definition) is 5. The Morgan fingerprint density at radius 3 is 2.46 bits per heavy atom. The summed E-state index contributed by atoms with van der Waals surface area (Å²) in [7, 11) is 3.10. The fraction of sp³-hybridized carbons (Fsp3) is 0.200. The number of amides is 1. The molecular weight excluding hydrogens is 330 g/mol. The lowest BCUT2D eigenvalue weighted by atomic mass is 10.1. The lowest BCUT2D eigenvalue weighted by Gasteiger charge is -2.40. The smallest absolute Gasteiger partial charge is 0.263 e. The minimum Gasteiger partial charge on any atom is -0.352 e. The van der Waals surface area contributed by atoms with Crippen LogP contribution in [0, 0.1) is 0 Å². The van der Waals surface area contributed by atoms with E-state index >= 15 is 0 Å². The highest BCUT2D eigenvalue weighted by molar-refractivity contribution is 6.13. The Balaban J connectivity index is 1.87. The van der Waals surface area contributed by atoms with Crippen LogP contribution in [0.3, 0.4) is 0 Å². The van der Waals surface area contributed by atoms with Crippen molar-refractivity contribution in [1.82, 2.24) is 4.98 Å². The SMILES string of the molecule is COC(OC)[C@@H]1Nc2nc3ccccc3cc2C(=O)N1c1ccccc1. The first kappa shape index (κ1) is 16.5. The molecule has 1 aliphatic rings. The molecular formula is C20H19N3O3. The summed E-state index contributed by atoms with van der Waals surface area (Å²) < 4.78 is 10.9. The minimum atomic E-state index is -0.652. The first-order valence-electron chi connectivity index (χ1n) is 8.33. The molecule has 26 heavy (non-hydrogen) atoms. The van der Waals surface area contributed by atoms with Crippen LogP contribution in [0.25, 0.3) is 10.9 Å². The lowest BCUT2D eigenvalue weighted by molar-refractivity contribution is -0.111. The van der Waals surface area contributed by atoms with Crippen molar-refractivity contribution in [3.8, 4) is 0 Å². The summed E-state index contributed by atoms with van der Waals surface area (Å²) in [4.78, 5) is 19.6. The maximum Gasteiger partial charge on any atom is 0.263 e. The zero-order valence-corrected chi connectivity index (χ0v) is 14.5. The van der Waals surface area contributed by atoms with E-state index in [-0.39, 0.29) is 5.91 Å². The third kappa shape index (κ3) is 2.69. The number of rotatable bonds is 4. The number of para-hydroxylation sites is 2. The number of nitrogens with one attached hydrogen (secondary N) is 1. The van der Waals surface area contributed by atoms with Gasteiger partial charge in [-0.2, -0.15) is 0 Å². The molecule has 6 heteroatoms. The molecule has 1 N–H and O–H groups in total. The molecule has 2 heterocycles. The van der Waals surface area contributed by atoms with Crippen molar-refractivity contribution < 1.29 is 14.3 Å².